The molecule has 0 aliphatic carbocycles. The number of hydrogen-bond acceptors (Lipinski definition) is 6. The number of benzene rings is 2. The van der Waals surface area contributed by atoms with Gasteiger partial charge < -0.3 is 15.0 Å². The SMILES string of the molecule is CNc1ccc2nc(N3CCC(c4ccccc4)CC3)ccc2c1.O=CCCOO. The van der Waals surface area contributed by atoms with Gasteiger partial charge in [-0.25, -0.2) is 9.87 Å². The minimum Gasteiger partial charge on any atom is -0.388 e. The summed E-state index contributed by atoms with van der Waals surface area (Å²) >= 11 is 0. The van der Waals surface area contributed by atoms with Gasteiger partial charge in [-0.1, -0.05) is 30.3 Å². The third-order valence-corrected chi connectivity index (χ3v) is 5.38. The molecule has 6 heteroatoms. The first-order chi connectivity index (χ1) is 14.7. The van der Waals surface area contributed by atoms with E-state index in [0.717, 1.165) is 30.1 Å². The molecular formula is C24H29N3O3. The average molecular weight is 408 g/mol. The predicted molar refractivity (Wildman–Crippen MR) is 121 cm³/mol. The molecule has 0 saturated carbocycles. The van der Waals surface area contributed by atoms with Gasteiger partial charge in [0.15, 0.2) is 0 Å². The molecule has 1 aliphatic heterocycles. The smallest absolute Gasteiger partial charge is 0.129 e. The lowest BCUT2D eigenvalue weighted by molar-refractivity contribution is -0.241. The van der Waals surface area contributed by atoms with Crippen molar-refractivity contribution in [3.63, 3.8) is 0 Å². The Bertz CT molecular complexity index is 925. The van der Waals surface area contributed by atoms with Gasteiger partial charge in [0.05, 0.1) is 12.1 Å². The van der Waals surface area contributed by atoms with E-state index in [-0.39, 0.29) is 13.0 Å². The summed E-state index contributed by atoms with van der Waals surface area (Å²) in [5, 5.41) is 11.9. The van der Waals surface area contributed by atoms with E-state index in [9.17, 15) is 4.79 Å². The fourth-order valence-electron chi connectivity index (χ4n) is 3.71. The highest BCUT2D eigenvalue weighted by Crippen LogP contribution is 2.30. The van der Waals surface area contributed by atoms with Crippen molar-refractivity contribution in [2.45, 2.75) is 25.2 Å². The van der Waals surface area contributed by atoms with Crippen molar-refractivity contribution in [3.8, 4) is 0 Å². The second-order valence-corrected chi connectivity index (χ2v) is 7.29. The summed E-state index contributed by atoms with van der Waals surface area (Å²) in [6.07, 6.45) is 3.33. The molecule has 1 aromatic heterocycles. The van der Waals surface area contributed by atoms with Crippen LogP contribution in [0.15, 0.2) is 60.7 Å². The lowest BCUT2D eigenvalue weighted by Gasteiger charge is -2.33. The Hall–Kier alpha value is -2.96. The van der Waals surface area contributed by atoms with Crippen LogP contribution in [0.3, 0.4) is 0 Å². The topological polar surface area (TPSA) is 74.7 Å². The summed E-state index contributed by atoms with van der Waals surface area (Å²) in [5.41, 5.74) is 3.67. The van der Waals surface area contributed by atoms with Crippen LogP contribution in [0.25, 0.3) is 10.9 Å². The number of carbonyl (C=O) groups excluding carboxylic acids is 1. The molecule has 0 spiro atoms. The van der Waals surface area contributed by atoms with Crippen LogP contribution < -0.4 is 10.2 Å². The van der Waals surface area contributed by atoms with Crippen molar-refractivity contribution in [1.29, 1.82) is 0 Å². The normalized spacial score (nSPS) is 14.1. The minimum absolute atomic E-state index is 0.101. The fraction of sp³-hybridized carbons (Fsp3) is 0.333. The molecule has 0 amide bonds. The summed E-state index contributed by atoms with van der Waals surface area (Å²) in [6, 6.07) is 21.6. The van der Waals surface area contributed by atoms with Gasteiger partial charge in [-0.3, -0.25) is 5.26 Å². The Balaban J connectivity index is 0.000000377. The van der Waals surface area contributed by atoms with Crippen LogP contribution in [0.1, 0.15) is 30.7 Å². The van der Waals surface area contributed by atoms with Gasteiger partial charge in [0.1, 0.15) is 12.1 Å². The number of anilines is 2. The number of pyridine rings is 1. The van der Waals surface area contributed by atoms with E-state index in [1.807, 2.05) is 7.05 Å². The monoisotopic (exact) mass is 407 g/mol. The Morgan fingerprint density at radius 2 is 1.90 bits per heavy atom. The molecule has 158 valence electrons. The lowest BCUT2D eigenvalue weighted by atomic mass is 9.89. The molecule has 1 saturated heterocycles. The van der Waals surface area contributed by atoms with Crippen molar-refractivity contribution in [2.75, 3.05) is 37.0 Å². The van der Waals surface area contributed by atoms with Crippen LogP contribution in [-0.4, -0.2) is 43.3 Å². The van der Waals surface area contributed by atoms with E-state index >= 15 is 0 Å². The molecule has 0 bridgehead atoms. The predicted octanol–water partition coefficient (Wildman–Crippen LogP) is 4.73. The molecule has 0 unspecified atom stereocenters. The first kappa shape index (κ1) is 21.7. The van der Waals surface area contributed by atoms with E-state index in [1.165, 1.54) is 23.8 Å². The number of rotatable bonds is 6. The molecule has 2 heterocycles. The standard InChI is InChI=1S/C21H23N3.C3H6O3/c1-22-19-8-9-20-18(15-19)7-10-21(23-20)24-13-11-17(12-14-24)16-5-3-2-4-6-16;4-2-1-3-6-5/h2-10,15,17,22H,11-14H2,1H3;2,5H,1,3H2. The van der Waals surface area contributed by atoms with Crippen LogP contribution in [0.5, 0.6) is 0 Å². The van der Waals surface area contributed by atoms with Crippen LogP contribution in [0.4, 0.5) is 11.5 Å². The molecule has 30 heavy (non-hydrogen) atoms. The number of carbonyl (C=O) groups is 1. The summed E-state index contributed by atoms with van der Waals surface area (Å²) in [7, 11) is 1.94. The third kappa shape index (κ3) is 5.78. The minimum atomic E-state index is 0.101. The van der Waals surface area contributed by atoms with E-state index in [2.05, 4.69) is 75.8 Å². The van der Waals surface area contributed by atoms with Crippen molar-refractivity contribution >= 4 is 28.7 Å². The van der Waals surface area contributed by atoms with Gasteiger partial charge in [0.25, 0.3) is 0 Å². The Morgan fingerprint density at radius 1 is 1.13 bits per heavy atom. The lowest BCUT2D eigenvalue weighted by Crippen LogP contribution is -2.33. The first-order valence-corrected chi connectivity index (χ1v) is 10.3. The molecular weight excluding hydrogens is 378 g/mol. The van der Waals surface area contributed by atoms with E-state index < -0.39 is 0 Å². The van der Waals surface area contributed by atoms with E-state index in [1.54, 1.807) is 0 Å². The highest BCUT2D eigenvalue weighted by atomic mass is 17.1. The molecule has 1 fully saturated rings. The van der Waals surface area contributed by atoms with Crippen LogP contribution in [0, 0.1) is 0 Å². The van der Waals surface area contributed by atoms with Gasteiger partial charge >= 0.3 is 0 Å². The molecule has 2 N–H and O–H groups in total. The molecule has 6 nitrogen and oxygen atoms in total. The summed E-state index contributed by atoms with van der Waals surface area (Å²) in [6.45, 7) is 2.25. The van der Waals surface area contributed by atoms with E-state index in [0.29, 0.717) is 12.2 Å². The summed E-state index contributed by atoms with van der Waals surface area (Å²) in [4.78, 5) is 20.2. The highest BCUT2D eigenvalue weighted by Gasteiger charge is 2.21. The fourth-order valence-corrected chi connectivity index (χ4v) is 3.71. The maximum Gasteiger partial charge on any atom is 0.129 e. The summed E-state index contributed by atoms with van der Waals surface area (Å²) in [5.74, 6) is 1.78. The van der Waals surface area contributed by atoms with Gasteiger partial charge in [-0.05, 0) is 54.7 Å². The van der Waals surface area contributed by atoms with Crippen LogP contribution in [-0.2, 0) is 9.68 Å². The second kappa shape index (κ2) is 11.3. The van der Waals surface area contributed by atoms with Crippen molar-refractivity contribution in [1.82, 2.24) is 4.98 Å². The molecule has 2 aromatic carbocycles. The number of fused-ring (bicyclic) bond motifs is 1. The zero-order valence-electron chi connectivity index (χ0n) is 17.3. The Morgan fingerprint density at radius 3 is 2.53 bits per heavy atom. The van der Waals surface area contributed by atoms with Crippen molar-refractivity contribution in [3.05, 3.63) is 66.2 Å². The number of aromatic nitrogens is 1. The highest BCUT2D eigenvalue weighted by molar-refractivity contribution is 5.83. The van der Waals surface area contributed by atoms with Crippen molar-refractivity contribution < 1.29 is 14.9 Å². The number of nitrogens with zero attached hydrogens (tertiary/aromatic N) is 2. The molecule has 3 aromatic rings. The number of hydrogen-bond donors (Lipinski definition) is 2. The quantitative estimate of drug-likeness (QED) is 0.266. The van der Waals surface area contributed by atoms with Gasteiger partial charge in [-0.2, -0.15) is 0 Å². The molecule has 1 aliphatic rings. The maximum atomic E-state index is 9.37. The Kier molecular flexibility index (Phi) is 8.18. The van der Waals surface area contributed by atoms with Crippen LogP contribution >= 0.6 is 0 Å². The van der Waals surface area contributed by atoms with Gasteiger partial charge in [-0.15, -0.1) is 0 Å². The molecule has 0 atom stereocenters. The third-order valence-electron chi connectivity index (χ3n) is 5.38. The maximum absolute atomic E-state index is 9.37. The zero-order valence-corrected chi connectivity index (χ0v) is 17.3. The Labute approximate surface area is 177 Å². The second-order valence-electron chi connectivity index (χ2n) is 7.29. The molecule has 4 rings (SSSR count). The first-order valence-electron chi connectivity index (χ1n) is 10.3. The van der Waals surface area contributed by atoms with E-state index in [4.69, 9.17) is 10.2 Å². The average Bonchev–Trinajstić information content (AvgIpc) is 2.83. The summed E-state index contributed by atoms with van der Waals surface area (Å²) < 4.78 is 0. The zero-order chi connectivity index (χ0) is 21.2. The number of nitrogens with one attached hydrogen (secondary N) is 1. The largest absolute Gasteiger partial charge is 0.388 e. The van der Waals surface area contributed by atoms with Crippen LogP contribution in [0.2, 0.25) is 0 Å². The van der Waals surface area contributed by atoms with Gasteiger partial charge in [0.2, 0.25) is 0 Å². The number of piperidine rings is 1. The molecule has 0 radical (unpaired) electrons. The number of aldehydes is 1. The van der Waals surface area contributed by atoms with Gasteiger partial charge in [0, 0.05) is 37.6 Å². The van der Waals surface area contributed by atoms with Crippen molar-refractivity contribution in [2.24, 2.45) is 0 Å².